The molecule has 1 saturated heterocycles. The Hall–Kier alpha value is -1.84. The molecule has 1 aliphatic rings. The molecule has 0 bridgehead atoms. The van der Waals surface area contributed by atoms with E-state index in [2.05, 4.69) is 15.6 Å². The maximum atomic E-state index is 12.2. The molecule has 2 rings (SSSR count). The van der Waals surface area contributed by atoms with Gasteiger partial charge in [0.2, 0.25) is 11.8 Å². The molecule has 0 saturated carbocycles. The molecule has 138 valence electrons. The summed E-state index contributed by atoms with van der Waals surface area (Å²) in [6.45, 7) is 1.10. The van der Waals surface area contributed by atoms with E-state index in [1.165, 1.54) is 0 Å². The number of carbonyl (C=O) groups excluding carboxylic acids is 2. The summed E-state index contributed by atoms with van der Waals surface area (Å²) < 4.78 is 0. The number of amides is 2. The summed E-state index contributed by atoms with van der Waals surface area (Å²) in [6.07, 6.45) is 0.819. The van der Waals surface area contributed by atoms with E-state index in [1.54, 1.807) is 30.9 Å². The second kappa shape index (κ2) is 10.2. The van der Waals surface area contributed by atoms with Crippen molar-refractivity contribution in [2.75, 3.05) is 39.1 Å². The second-order valence-corrected chi connectivity index (χ2v) is 5.92. The molecule has 1 aromatic carbocycles. The first kappa shape index (κ1) is 21.2. The van der Waals surface area contributed by atoms with Crippen molar-refractivity contribution in [1.82, 2.24) is 15.5 Å². The van der Waals surface area contributed by atoms with Crippen molar-refractivity contribution < 1.29 is 9.59 Å². The zero-order valence-corrected chi connectivity index (χ0v) is 17.2. The molecule has 1 aliphatic heterocycles. The lowest BCUT2D eigenvalue weighted by atomic mass is 10.2. The van der Waals surface area contributed by atoms with Crippen molar-refractivity contribution in [3.63, 3.8) is 0 Å². The zero-order chi connectivity index (χ0) is 17.5. The van der Waals surface area contributed by atoms with Gasteiger partial charge in [-0.05, 0) is 12.1 Å². The van der Waals surface area contributed by atoms with E-state index >= 15 is 0 Å². The van der Waals surface area contributed by atoms with E-state index in [1.807, 2.05) is 30.3 Å². The molecule has 0 spiro atoms. The average molecular weight is 459 g/mol. The number of para-hydroxylation sites is 1. The molecule has 7 nitrogen and oxygen atoms in total. The number of nitrogens with one attached hydrogen (secondary N) is 2. The lowest BCUT2D eigenvalue weighted by Gasteiger charge is -2.19. The van der Waals surface area contributed by atoms with Gasteiger partial charge in [0.25, 0.3) is 0 Å². The first-order chi connectivity index (χ1) is 11.5. The van der Waals surface area contributed by atoms with E-state index in [9.17, 15) is 9.59 Å². The van der Waals surface area contributed by atoms with Crippen LogP contribution in [0.2, 0.25) is 0 Å². The van der Waals surface area contributed by atoms with Gasteiger partial charge in [-0.3, -0.25) is 14.6 Å². The van der Waals surface area contributed by atoms with Gasteiger partial charge in [0.05, 0.1) is 6.04 Å². The minimum absolute atomic E-state index is 0. The van der Waals surface area contributed by atoms with Crippen molar-refractivity contribution in [2.24, 2.45) is 4.99 Å². The molecule has 1 heterocycles. The van der Waals surface area contributed by atoms with Gasteiger partial charge in [-0.15, -0.1) is 24.0 Å². The van der Waals surface area contributed by atoms with E-state index in [4.69, 9.17) is 0 Å². The molecule has 8 heteroatoms. The number of carbonyl (C=O) groups is 2. The maximum absolute atomic E-state index is 12.2. The molecule has 1 aromatic rings. The van der Waals surface area contributed by atoms with E-state index in [0.29, 0.717) is 31.9 Å². The van der Waals surface area contributed by atoms with Crippen LogP contribution in [0.3, 0.4) is 0 Å². The van der Waals surface area contributed by atoms with Crippen molar-refractivity contribution in [3.8, 4) is 0 Å². The van der Waals surface area contributed by atoms with Gasteiger partial charge >= 0.3 is 0 Å². The van der Waals surface area contributed by atoms with Gasteiger partial charge in [0.15, 0.2) is 5.96 Å². The molecule has 25 heavy (non-hydrogen) atoms. The number of rotatable bonds is 5. The highest BCUT2D eigenvalue weighted by Crippen LogP contribution is 2.20. The van der Waals surface area contributed by atoms with Gasteiger partial charge in [-0.25, -0.2) is 0 Å². The fourth-order valence-electron chi connectivity index (χ4n) is 2.56. The number of hydrogen-bond donors (Lipinski definition) is 2. The number of halogens is 1. The van der Waals surface area contributed by atoms with Gasteiger partial charge in [-0.2, -0.15) is 0 Å². The summed E-state index contributed by atoms with van der Waals surface area (Å²) in [5.41, 5.74) is 0.909. The van der Waals surface area contributed by atoms with Crippen LogP contribution in [0.4, 0.5) is 5.69 Å². The standard InChI is InChI=1S/C17H25N5O2.HI/c1-18-17(19-10-9-15(23)21(2)3)20-13-11-16(24)22(12-13)14-7-5-4-6-8-14;/h4-8,13H,9-12H2,1-3H3,(H2,18,19,20);1H. The summed E-state index contributed by atoms with van der Waals surface area (Å²) >= 11 is 0. The highest BCUT2D eigenvalue weighted by molar-refractivity contribution is 14.0. The molecule has 1 unspecified atom stereocenters. The third-order valence-corrected chi connectivity index (χ3v) is 3.89. The third kappa shape index (κ3) is 6.18. The van der Waals surface area contributed by atoms with Crippen LogP contribution in [0.15, 0.2) is 35.3 Å². The fourth-order valence-corrected chi connectivity index (χ4v) is 2.56. The van der Waals surface area contributed by atoms with Crippen LogP contribution in [-0.2, 0) is 9.59 Å². The van der Waals surface area contributed by atoms with Crippen LogP contribution >= 0.6 is 24.0 Å². The number of aliphatic imine (C=N–C) groups is 1. The van der Waals surface area contributed by atoms with Crippen LogP contribution in [0, 0.1) is 0 Å². The summed E-state index contributed by atoms with van der Waals surface area (Å²) in [5, 5.41) is 6.36. The predicted octanol–water partition coefficient (Wildman–Crippen LogP) is 1.05. The van der Waals surface area contributed by atoms with E-state index in [0.717, 1.165) is 5.69 Å². The Bertz CT molecular complexity index is 606. The summed E-state index contributed by atoms with van der Waals surface area (Å²) in [6, 6.07) is 9.63. The normalized spacial score (nSPS) is 17.1. The van der Waals surface area contributed by atoms with Gasteiger partial charge < -0.3 is 20.4 Å². The summed E-state index contributed by atoms with van der Waals surface area (Å²) in [5.74, 6) is 0.760. The van der Waals surface area contributed by atoms with Crippen molar-refractivity contribution >= 4 is 47.4 Å². The van der Waals surface area contributed by atoms with Crippen molar-refractivity contribution in [3.05, 3.63) is 30.3 Å². The van der Waals surface area contributed by atoms with Gasteiger partial charge in [0.1, 0.15) is 0 Å². The van der Waals surface area contributed by atoms with Crippen LogP contribution < -0.4 is 15.5 Å². The first-order valence-electron chi connectivity index (χ1n) is 8.04. The minimum Gasteiger partial charge on any atom is -0.356 e. The molecule has 2 amide bonds. The fraction of sp³-hybridized carbons (Fsp3) is 0.471. The van der Waals surface area contributed by atoms with Gasteiger partial charge in [-0.1, -0.05) is 18.2 Å². The van der Waals surface area contributed by atoms with Gasteiger partial charge in [0, 0.05) is 52.8 Å². The largest absolute Gasteiger partial charge is 0.356 e. The highest BCUT2D eigenvalue weighted by Gasteiger charge is 2.30. The maximum Gasteiger partial charge on any atom is 0.229 e. The number of guanidine groups is 1. The molecular weight excluding hydrogens is 433 g/mol. The SMILES string of the molecule is CN=C(NCCC(=O)N(C)C)NC1CC(=O)N(c2ccccc2)C1.I. The van der Waals surface area contributed by atoms with Crippen LogP contribution in [0.5, 0.6) is 0 Å². The Morgan fingerprint density at radius 3 is 2.60 bits per heavy atom. The lowest BCUT2D eigenvalue weighted by Crippen LogP contribution is -2.45. The van der Waals surface area contributed by atoms with E-state index < -0.39 is 0 Å². The molecule has 0 aromatic heterocycles. The van der Waals surface area contributed by atoms with E-state index in [-0.39, 0.29) is 41.8 Å². The van der Waals surface area contributed by atoms with Crippen molar-refractivity contribution in [2.45, 2.75) is 18.9 Å². The first-order valence-corrected chi connectivity index (χ1v) is 8.04. The number of nitrogens with zero attached hydrogens (tertiary/aromatic N) is 3. The lowest BCUT2D eigenvalue weighted by molar-refractivity contribution is -0.128. The second-order valence-electron chi connectivity index (χ2n) is 5.92. The zero-order valence-electron chi connectivity index (χ0n) is 14.9. The highest BCUT2D eigenvalue weighted by atomic mass is 127. The molecule has 0 radical (unpaired) electrons. The molecule has 2 N–H and O–H groups in total. The van der Waals surface area contributed by atoms with Crippen LogP contribution in [-0.4, -0.2) is 62.9 Å². The Balaban J connectivity index is 0.00000312. The third-order valence-electron chi connectivity index (χ3n) is 3.89. The molecule has 0 aliphatic carbocycles. The topological polar surface area (TPSA) is 77.0 Å². The average Bonchev–Trinajstić information content (AvgIpc) is 2.94. The molecule has 1 atom stereocenters. The predicted molar refractivity (Wildman–Crippen MR) is 110 cm³/mol. The smallest absolute Gasteiger partial charge is 0.229 e. The number of benzene rings is 1. The Labute approximate surface area is 165 Å². The quantitative estimate of drug-likeness (QED) is 0.392. The Kier molecular flexibility index (Phi) is 8.67. The summed E-state index contributed by atoms with van der Waals surface area (Å²) in [7, 11) is 5.14. The minimum atomic E-state index is -0.00606. The Morgan fingerprint density at radius 1 is 1.32 bits per heavy atom. The van der Waals surface area contributed by atoms with Crippen LogP contribution in [0.25, 0.3) is 0 Å². The number of anilines is 1. The molecular formula is C17H26IN5O2. The van der Waals surface area contributed by atoms with Crippen molar-refractivity contribution in [1.29, 1.82) is 0 Å². The number of hydrogen-bond acceptors (Lipinski definition) is 3. The monoisotopic (exact) mass is 459 g/mol. The summed E-state index contributed by atoms with van der Waals surface area (Å²) in [4.78, 5) is 31.3. The Morgan fingerprint density at radius 2 is 2.00 bits per heavy atom. The van der Waals surface area contributed by atoms with Crippen LogP contribution in [0.1, 0.15) is 12.8 Å². The molecule has 1 fully saturated rings.